The lowest BCUT2D eigenvalue weighted by molar-refractivity contribution is -0.119. The predicted octanol–water partition coefficient (Wildman–Crippen LogP) is 0.483. The highest BCUT2D eigenvalue weighted by molar-refractivity contribution is 5.81. The maximum absolute atomic E-state index is 10.7. The molecule has 0 spiro atoms. The summed E-state index contributed by atoms with van der Waals surface area (Å²) in [4.78, 5) is 10.7. The van der Waals surface area contributed by atoms with Crippen molar-refractivity contribution in [1.82, 2.24) is 15.5 Å². The number of hydrogen-bond donors (Lipinski definition) is 4. The van der Waals surface area contributed by atoms with Crippen molar-refractivity contribution in [3.63, 3.8) is 0 Å². The molecule has 0 aliphatic carbocycles. The van der Waals surface area contributed by atoms with Crippen LogP contribution in [0, 0.1) is 0 Å². The number of aromatic nitrogens is 2. The van der Waals surface area contributed by atoms with Gasteiger partial charge < -0.3 is 15.5 Å². The Labute approximate surface area is 110 Å². The van der Waals surface area contributed by atoms with Gasteiger partial charge in [0.2, 0.25) is 5.91 Å². The molecule has 0 fully saturated rings. The minimum absolute atomic E-state index is 0.159. The van der Waals surface area contributed by atoms with Crippen LogP contribution < -0.4 is 5.32 Å². The van der Waals surface area contributed by atoms with Gasteiger partial charge in [0.05, 0.1) is 17.3 Å². The summed E-state index contributed by atoms with van der Waals surface area (Å²) in [5.41, 5.74) is 1.23. The van der Waals surface area contributed by atoms with Gasteiger partial charge >= 0.3 is 0 Å². The van der Waals surface area contributed by atoms with E-state index in [-0.39, 0.29) is 12.3 Å². The molecule has 2 rings (SSSR count). The fourth-order valence-electron chi connectivity index (χ4n) is 1.95. The Morgan fingerprint density at radius 2 is 2.16 bits per heavy atom. The highest BCUT2D eigenvalue weighted by Gasteiger charge is 2.22. The number of aliphatic hydroxyl groups is 2. The quantitative estimate of drug-likeness (QED) is 0.630. The van der Waals surface area contributed by atoms with E-state index in [1.165, 1.54) is 6.92 Å². The second-order valence-electron chi connectivity index (χ2n) is 4.44. The van der Waals surface area contributed by atoms with Crippen molar-refractivity contribution in [2.75, 3.05) is 6.54 Å². The van der Waals surface area contributed by atoms with Gasteiger partial charge in [-0.05, 0) is 12.5 Å². The largest absolute Gasteiger partial charge is 0.390 e. The molecule has 0 bridgehead atoms. The van der Waals surface area contributed by atoms with Crippen LogP contribution in [0.1, 0.15) is 25.1 Å². The van der Waals surface area contributed by atoms with E-state index in [1.54, 1.807) is 0 Å². The monoisotopic (exact) mass is 263 g/mol. The third-order valence-electron chi connectivity index (χ3n) is 2.97. The molecule has 0 aliphatic heterocycles. The number of benzene rings is 1. The number of nitrogens with one attached hydrogen (secondary N) is 2. The maximum atomic E-state index is 10.7. The molecule has 1 amide bonds. The molecule has 1 aromatic carbocycles. The van der Waals surface area contributed by atoms with Crippen LogP contribution in [0.2, 0.25) is 0 Å². The smallest absolute Gasteiger partial charge is 0.216 e. The van der Waals surface area contributed by atoms with E-state index in [2.05, 4.69) is 15.5 Å². The van der Waals surface area contributed by atoms with Crippen molar-refractivity contribution in [3.05, 3.63) is 30.0 Å². The molecule has 6 heteroatoms. The Morgan fingerprint density at radius 3 is 2.89 bits per heavy atom. The summed E-state index contributed by atoms with van der Waals surface area (Å²) in [5, 5.41) is 30.2. The number of nitrogens with zero attached hydrogens (tertiary/aromatic N) is 1. The zero-order valence-electron chi connectivity index (χ0n) is 10.6. The summed E-state index contributed by atoms with van der Waals surface area (Å²) in [6, 6.07) is 7.36. The fraction of sp³-hybridized carbons (Fsp3) is 0.385. The zero-order valence-corrected chi connectivity index (χ0v) is 10.6. The van der Waals surface area contributed by atoms with Crippen molar-refractivity contribution in [1.29, 1.82) is 0 Å². The van der Waals surface area contributed by atoms with Crippen LogP contribution in [0.5, 0.6) is 0 Å². The Kier molecular flexibility index (Phi) is 4.13. The minimum Gasteiger partial charge on any atom is -0.390 e. The van der Waals surface area contributed by atoms with Crippen LogP contribution in [0.15, 0.2) is 24.3 Å². The standard InChI is InChI=1S/C13H17N3O3/c1-8(17)14-7-6-11(18)13(19)12-9-4-2-3-5-10(9)15-16-12/h2-5,11,13,18-19H,6-7H2,1H3,(H,14,17)(H,15,16). The number of aromatic amines is 1. The van der Waals surface area contributed by atoms with Crippen molar-refractivity contribution in [2.45, 2.75) is 25.6 Å². The van der Waals surface area contributed by atoms with Crippen LogP contribution in [0.4, 0.5) is 0 Å². The molecule has 6 nitrogen and oxygen atoms in total. The first kappa shape index (κ1) is 13.5. The van der Waals surface area contributed by atoms with Crippen molar-refractivity contribution in [3.8, 4) is 0 Å². The van der Waals surface area contributed by atoms with Crippen LogP contribution in [-0.2, 0) is 4.79 Å². The lowest BCUT2D eigenvalue weighted by atomic mass is 10.0. The number of hydrogen-bond acceptors (Lipinski definition) is 4. The van der Waals surface area contributed by atoms with E-state index in [4.69, 9.17) is 0 Å². The molecule has 0 aliphatic rings. The highest BCUT2D eigenvalue weighted by Crippen LogP contribution is 2.24. The summed E-state index contributed by atoms with van der Waals surface area (Å²) >= 11 is 0. The van der Waals surface area contributed by atoms with E-state index in [1.807, 2.05) is 24.3 Å². The van der Waals surface area contributed by atoms with E-state index in [9.17, 15) is 15.0 Å². The van der Waals surface area contributed by atoms with Gasteiger partial charge in [0.15, 0.2) is 0 Å². The summed E-state index contributed by atoms with van der Waals surface area (Å²) in [7, 11) is 0. The van der Waals surface area contributed by atoms with Crippen LogP contribution in [0.3, 0.4) is 0 Å². The third kappa shape index (κ3) is 3.10. The van der Waals surface area contributed by atoms with E-state index < -0.39 is 12.2 Å². The Morgan fingerprint density at radius 1 is 1.42 bits per heavy atom. The van der Waals surface area contributed by atoms with Gasteiger partial charge in [-0.2, -0.15) is 5.10 Å². The normalized spacial score (nSPS) is 14.3. The number of aliphatic hydroxyl groups excluding tert-OH is 2. The molecule has 1 heterocycles. The zero-order chi connectivity index (χ0) is 13.8. The molecular formula is C13H17N3O3. The first-order valence-electron chi connectivity index (χ1n) is 6.13. The molecule has 2 atom stereocenters. The molecule has 102 valence electrons. The molecule has 4 N–H and O–H groups in total. The van der Waals surface area contributed by atoms with Gasteiger partial charge in [-0.1, -0.05) is 18.2 Å². The summed E-state index contributed by atoms with van der Waals surface area (Å²) in [5.74, 6) is -0.159. The molecule has 2 aromatic rings. The fourth-order valence-corrected chi connectivity index (χ4v) is 1.95. The second kappa shape index (κ2) is 5.81. The van der Waals surface area contributed by atoms with Gasteiger partial charge in [0.25, 0.3) is 0 Å². The van der Waals surface area contributed by atoms with E-state index >= 15 is 0 Å². The number of amides is 1. The van der Waals surface area contributed by atoms with Gasteiger partial charge in [-0.15, -0.1) is 0 Å². The second-order valence-corrected chi connectivity index (χ2v) is 4.44. The average molecular weight is 263 g/mol. The first-order valence-corrected chi connectivity index (χ1v) is 6.13. The average Bonchev–Trinajstić information content (AvgIpc) is 2.81. The number of carbonyl (C=O) groups is 1. The van der Waals surface area contributed by atoms with Crippen molar-refractivity contribution >= 4 is 16.8 Å². The maximum Gasteiger partial charge on any atom is 0.216 e. The van der Waals surface area contributed by atoms with Gasteiger partial charge in [-0.3, -0.25) is 9.89 Å². The number of carbonyl (C=O) groups excluding carboxylic acids is 1. The van der Waals surface area contributed by atoms with Crippen LogP contribution >= 0.6 is 0 Å². The number of H-pyrrole nitrogens is 1. The molecular weight excluding hydrogens is 246 g/mol. The molecule has 0 radical (unpaired) electrons. The number of para-hydroxylation sites is 1. The van der Waals surface area contributed by atoms with E-state index in [0.29, 0.717) is 12.2 Å². The summed E-state index contributed by atoms with van der Waals surface area (Å²) in [6.07, 6.45) is -1.74. The van der Waals surface area contributed by atoms with Crippen molar-refractivity contribution < 1.29 is 15.0 Å². The minimum atomic E-state index is -1.05. The van der Waals surface area contributed by atoms with Crippen LogP contribution in [-0.4, -0.2) is 39.0 Å². The lowest BCUT2D eigenvalue weighted by Crippen LogP contribution is -2.27. The highest BCUT2D eigenvalue weighted by atomic mass is 16.3. The topological polar surface area (TPSA) is 98.2 Å². The van der Waals surface area contributed by atoms with Gasteiger partial charge in [-0.25, -0.2) is 0 Å². The lowest BCUT2D eigenvalue weighted by Gasteiger charge is -2.16. The van der Waals surface area contributed by atoms with Gasteiger partial charge in [0, 0.05) is 18.9 Å². The van der Waals surface area contributed by atoms with Gasteiger partial charge in [0.1, 0.15) is 6.10 Å². The Bertz CT molecular complexity index is 567. The Balaban J connectivity index is 2.06. The summed E-state index contributed by atoms with van der Waals surface area (Å²) in [6.45, 7) is 1.73. The molecule has 0 saturated carbocycles. The summed E-state index contributed by atoms with van der Waals surface area (Å²) < 4.78 is 0. The molecule has 2 unspecified atom stereocenters. The number of fused-ring (bicyclic) bond motifs is 1. The SMILES string of the molecule is CC(=O)NCCC(O)C(O)c1[nH]nc2ccccc12. The number of rotatable bonds is 5. The van der Waals surface area contributed by atoms with E-state index in [0.717, 1.165) is 10.9 Å². The van der Waals surface area contributed by atoms with Crippen LogP contribution in [0.25, 0.3) is 10.9 Å². The van der Waals surface area contributed by atoms with Crippen molar-refractivity contribution in [2.24, 2.45) is 0 Å². The third-order valence-corrected chi connectivity index (χ3v) is 2.97. The first-order chi connectivity index (χ1) is 9.09. The molecule has 0 saturated heterocycles. The predicted molar refractivity (Wildman–Crippen MR) is 70.4 cm³/mol. The Hall–Kier alpha value is -1.92. The molecule has 19 heavy (non-hydrogen) atoms. The molecule has 1 aromatic heterocycles.